The largest absolute Gasteiger partial charge is 0.465 e. The highest BCUT2D eigenvalue weighted by Gasteiger charge is 2.25. The van der Waals surface area contributed by atoms with E-state index in [2.05, 4.69) is 5.32 Å². The predicted molar refractivity (Wildman–Crippen MR) is 88.3 cm³/mol. The molecule has 3 N–H and O–H groups in total. The molecule has 122 valence electrons. The third kappa shape index (κ3) is 4.45. The summed E-state index contributed by atoms with van der Waals surface area (Å²) >= 11 is 0. The number of amides is 1. The van der Waals surface area contributed by atoms with Crippen molar-refractivity contribution in [3.8, 4) is 0 Å². The monoisotopic (exact) mass is 326 g/mol. The average molecular weight is 327 g/mol. The SMILES string of the molecule is COC(=O)c1ccc(C)c(NC(=O)C2CCCC(N)C2)c1.Cl. The summed E-state index contributed by atoms with van der Waals surface area (Å²) in [5.74, 6) is -0.476. The van der Waals surface area contributed by atoms with E-state index in [1.54, 1.807) is 18.2 Å². The third-order valence-electron chi connectivity index (χ3n) is 4.00. The lowest BCUT2D eigenvalue weighted by molar-refractivity contribution is -0.120. The highest BCUT2D eigenvalue weighted by Crippen LogP contribution is 2.25. The molecule has 1 aromatic rings. The van der Waals surface area contributed by atoms with Crippen LogP contribution in [0.15, 0.2) is 18.2 Å². The number of nitrogens with two attached hydrogens (primary N) is 1. The van der Waals surface area contributed by atoms with Crippen molar-refractivity contribution in [3.05, 3.63) is 29.3 Å². The number of methoxy groups -OCH3 is 1. The van der Waals surface area contributed by atoms with Crippen molar-refractivity contribution in [1.29, 1.82) is 0 Å². The van der Waals surface area contributed by atoms with Gasteiger partial charge in [-0.2, -0.15) is 0 Å². The molecule has 2 atom stereocenters. The van der Waals surface area contributed by atoms with Crippen molar-refractivity contribution >= 4 is 30.0 Å². The lowest BCUT2D eigenvalue weighted by Crippen LogP contribution is -2.34. The molecular formula is C16H23ClN2O3. The number of anilines is 1. The van der Waals surface area contributed by atoms with Crippen LogP contribution < -0.4 is 11.1 Å². The molecule has 1 amide bonds. The number of esters is 1. The molecule has 5 nitrogen and oxygen atoms in total. The van der Waals surface area contributed by atoms with E-state index < -0.39 is 5.97 Å². The van der Waals surface area contributed by atoms with E-state index in [4.69, 9.17) is 10.5 Å². The topological polar surface area (TPSA) is 81.4 Å². The van der Waals surface area contributed by atoms with E-state index in [1.165, 1.54) is 7.11 Å². The summed E-state index contributed by atoms with van der Waals surface area (Å²) in [6, 6.07) is 5.25. The fourth-order valence-corrected chi connectivity index (χ4v) is 2.70. The third-order valence-corrected chi connectivity index (χ3v) is 4.00. The van der Waals surface area contributed by atoms with Gasteiger partial charge in [0.25, 0.3) is 0 Å². The second-order valence-corrected chi connectivity index (χ2v) is 5.63. The molecule has 1 aliphatic rings. The second kappa shape index (κ2) is 8.15. The fraction of sp³-hybridized carbons (Fsp3) is 0.500. The number of aryl methyl sites for hydroxylation is 1. The van der Waals surface area contributed by atoms with Gasteiger partial charge in [-0.3, -0.25) is 4.79 Å². The zero-order chi connectivity index (χ0) is 15.4. The Labute approximate surface area is 137 Å². The van der Waals surface area contributed by atoms with Gasteiger partial charge in [-0.15, -0.1) is 12.4 Å². The molecule has 0 radical (unpaired) electrons. The Balaban J connectivity index is 0.00000242. The summed E-state index contributed by atoms with van der Waals surface area (Å²) in [4.78, 5) is 23.9. The summed E-state index contributed by atoms with van der Waals surface area (Å²) in [5.41, 5.74) is 7.92. The number of rotatable bonds is 3. The van der Waals surface area contributed by atoms with Crippen LogP contribution in [-0.2, 0) is 9.53 Å². The molecule has 0 aliphatic heterocycles. The minimum Gasteiger partial charge on any atom is -0.465 e. The molecule has 1 aliphatic carbocycles. The first-order valence-corrected chi connectivity index (χ1v) is 7.26. The van der Waals surface area contributed by atoms with Gasteiger partial charge < -0.3 is 15.8 Å². The van der Waals surface area contributed by atoms with Gasteiger partial charge in [0, 0.05) is 17.6 Å². The predicted octanol–water partition coefficient (Wildman–Crippen LogP) is 2.66. The molecule has 1 saturated carbocycles. The number of benzene rings is 1. The van der Waals surface area contributed by atoms with E-state index in [9.17, 15) is 9.59 Å². The zero-order valence-electron chi connectivity index (χ0n) is 12.9. The lowest BCUT2D eigenvalue weighted by Gasteiger charge is -2.26. The lowest BCUT2D eigenvalue weighted by atomic mass is 9.85. The van der Waals surface area contributed by atoms with E-state index in [1.807, 2.05) is 6.92 Å². The van der Waals surface area contributed by atoms with Crippen LogP contribution in [0.5, 0.6) is 0 Å². The van der Waals surface area contributed by atoms with Crippen molar-refractivity contribution in [2.24, 2.45) is 11.7 Å². The van der Waals surface area contributed by atoms with E-state index in [0.29, 0.717) is 11.3 Å². The number of halogens is 1. The summed E-state index contributed by atoms with van der Waals surface area (Å²) in [6.45, 7) is 1.89. The Hall–Kier alpha value is -1.59. The summed E-state index contributed by atoms with van der Waals surface area (Å²) < 4.78 is 4.70. The number of hydrogen-bond acceptors (Lipinski definition) is 4. The standard InChI is InChI=1S/C16H22N2O3.ClH/c1-10-6-7-12(16(20)21-2)9-14(10)18-15(19)11-4-3-5-13(17)8-11;/h6-7,9,11,13H,3-5,8,17H2,1-2H3,(H,18,19);1H. The second-order valence-electron chi connectivity index (χ2n) is 5.63. The highest BCUT2D eigenvalue weighted by atomic mass is 35.5. The average Bonchev–Trinajstić information content (AvgIpc) is 2.48. The molecule has 0 saturated heterocycles. The Morgan fingerprint density at radius 3 is 2.68 bits per heavy atom. The van der Waals surface area contributed by atoms with Crippen molar-refractivity contribution in [2.75, 3.05) is 12.4 Å². The van der Waals surface area contributed by atoms with E-state index in [0.717, 1.165) is 31.2 Å². The first-order valence-electron chi connectivity index (χ1n) is 7.26. The van der Waals surface area contributed by atoms with Crippen molar-refractivity contribution in [2.45, 2.75) is 38.6 Å². The fourth-order valence-electron chi connectivity index (χ4n) is 2.70. The van der Waals surface area contributed by atoms with Gasteiger partial charge in [-0.1, -0.05) is 12.5 Å². The van der Waals surface area contributed by atoms with Gasteiger partial charge in [0.1, 0.15) is 0 Å². The van der Waals surface area contributed by atoms with E-state index in [-0.39, 0.29) is 30.3 Å². The first kappa shape index (κ1) is 18.5. The van der Waals surface area contributed by atoms with Crippen LogP contribution in [-0.4, -0.2) is 25.0 Å². The molecule has 0 bridgehead atoms. The van der Waals surface area contributed by atoms with Crippen LogP contribution in [0, 0.1) is 12.8 Å². The van der Waals surface area contributed by atoms with Gasteiger partial charge in [0.2, 0.25) is 5.91 Å². The Morgan fingerprint density at radius 1 is 1.32 bits per heavy atom. The van der Waals surface area contributed by atoms with Gasteiger partial charge in [0.15, 0.2) is 0 Å². The van der Waals surface area contributed by atoms with Crippen LogP contribution >= 0.6 is 12.4 Å². The molecule has 2 rings (SSSR count). The molecule has 1 aromatic carbocycles. The maximum absolute atomic E-state index is 12.3. The maximum atomic E-state index is 12.3. The summed E-state index contributed by atoms with van der Waals surface area (Å²) in [5, 5.41) is 2.92. The molecular weight excluding hydrogens is 304 g/mol. The van der Waals surface area contributed by atoms with Gasteiger partial charge >= 0.3 is 5.97 Å². The molecule has 0 spiro atoms. The minimum atomic E-state index is -0.412. The Bertz CT molecular complexity index is 548. The van der Waals surface area contributed by atoms with E-state index >= 15 is 0 Å². The molecule has 0 heterocycles. The smallest absolute Gasteiger partial charge is 0.337 e. The number of carbonyl (C=O) groups excluding carboxylic acids is 2. The molecule has 0 aromatic heterocycles. The van der Waals surface area contributed by atoms with Crippen molar-refractivity contribution in [3.63, 3.8) is 0 Å². The number of nitrogens with one attached hydrogen (secondary N) is 1. The van der Waals surface area contributed by atoms with Crippen LogP contribution in [0.4, 0.5) is 5.69 Å². The molecule has 22 heavy (non-hydrogen) atoms. The van der Waals surface area contributed by atoms with Crippen LogP contribution in [0.1, 0.15) is 41.6 Å². The van der Waals surface area contributed by atoms with Gasteiger partial charge in [-0.05, 0) is 43.9 Å². The van der Waals surface area contributed by atoms with Crippen LogP contribution in [0.3, 0.4) is 0 Å². The summed E-state index contributed by atoms with van der Waals surface area (Å²) in [7, 11) is 1.34. The highest BCUT2D eigenvalue weighted by molar-refractivity contribution is 5.96. The van der Waals surface area contributed by atoms with Crippen LogP contribution in [0.25, 0.3) is 0 Å². The zero-order valence-corrected chi connectivity index (χ0v) is 13.7. The van der Waals surface area contributed by atoms with Crippen molar-refractivity contribution in [1.82, 2.24) is 0 Å². The van der Waals surface area contributed by atoms with Crippen molar-refractivity contribution < 1.29 is 14.3 Å². The summed E-state index contributed by atoms with van der Waals surface area (Å²) in [6.07, 6.45) is 3.57. The quantitative estimate of drug-likeness (QED) is 0.837. The normalized spacial score (nSPS) is 20.7. The molecule has 2 unspecified atom stereocenters. The Morgan fingerprint density at radius 2 is 2.05 bits per heavy atom. The number of hydrogen-bond donors (Lipinski definition) is 2. The van der Waals surface area contributed by atoms with Gasteiger partial charge in [-0.25, -0.2) is 4.79 Å². The first-order chi connectivity index (χ1) is 10.0. The molecule has 1 fully saturated rings. The molecule has 6 heteroatoms. The van der Waals surface area contributed by atoms with Gasteiger partial charge in [0.05, 0.1) is 12.7 Å². The maximum Gasteiger partial charge on any atom is 0.337 e. The Kier molecular flexibility index (Phi) is 6.84. The number of ether oxygens (including phenoxy) is 1. The minimum absolute atomic E-state index is 0. The number of carbonyl (C=O) groups is 2. The van der Waals surface area contributed by atoms with Crippen LogP contribution in [0.2, 0.25) is 0 Å².